The van der Waals surface area contributed by atoms with E-state index in [1.807, 2.05) is 30.3 Å². The standard InChI is InChI=1S/C16H22N2O2/c19-16(20-12-13-6-2-1-3-7-13)17-14-8-9-15(14)18-10-4-5-11-18/h1-3,6-7,14-15H,4-5,8-12H2,(H,17,19)/t14-,15-/m0/s1. The van der Waals surface area contributed by atoms with Crippen LogP contribution in [0.4, 0.5) is 4.79 Å². The molecule has 1 aliphatic carbocycles. The molecule has 20 heavy (non-hydrogen) atoms. The molecular formula is C16H22N2O2. The number of likely N-dealkylation sites (tertiary alicyclic amines) is 1. The van der Waals surface area contributed by atoms with E-state index >= 15 is 0 Å². The van der Waals surface area contributed by atoms with Crippen LogP contribution >= 0.6 is 0 Å². The van der Waals surface area contributed by atoms with Crippen molar-refractivity contribution in [2.24, 2.45) is 0 Å². The number of hydrogen-bond donors (Lipinski definition) is 1. The first kappa shape index (κ1) is 13.4. The maximum atomic E-state index is 11.8. The molecule has 2 atom stereocenters. The number of nitrogens with zero attached hydrogens (tertiary/aromatic N) is 1. The zero-order valence-corrected chi connectivity index (χ0v) is 11.8. The third-order valence-electron chi connectivity index (χ3n) is 4.36. The van der Waals surface area contributed by atoms with Crippen molar-refractivity contribution in [2.75, 3.05) is 13.1 Å². The summed E-state index contributed by atoms with van der Waals surface area (Å²) in [4.78, 5) is 14.3. The van der Waals surface area contributed by atoms with Crippen LogP contribution in [-0.2, 0) is 11.3 Å². The van der Waals surface area contributed by atoms with Gasteiger partial charge in [0.05, 0.1) is 0 Å². The Morgan fingerprint density at radius 3 is 2.60 bits per heavy atom. The number of carbonyl (C=O) groups is 1. The fourth-order valence-corrected chi connectivity index (χ4v) is 3.08. The number of amides is 1. The molecule has 0 radical (unpaired) electrons. The molecule has 2 fully saturated rings. The molecule has 0 aromatic heterocycles. The number of alkyl carbamates (subject to hydrolysis) is 1. The van der Waals surface area contributed by atoms with Crippen LogP contribution in [-0.4, -0.2) is 36.2 Å². The molecule has 1 aliphatic heterocycles. The Hall–Kier alpha value is -1.55. The zero-order chi connectivity index (χ0) is 13.8. The first-order valence-electron chi connectivity index (χ1n) is 7.54. The summed E-state index contributed by atoms with van der Waals surface area (Å²) in [5.74, 6) is 0. The predicted octanol–water partition coefficient (Wildman–Crippen LogP) is 2.54. The van der Waals surface area contributed by atoms with Crippen molar-refractivity contribution in [2.45, 2.75) is 44.4 Å². The van der Waals surface area contributed by atoms with E-state index in [1.165, 1.54) is 32.4 Å². The average molecular weight is 274 g/mol. The highest BCUT2D eigenvalue weighted by molar-refractivity contribution is 5.67. The van der Waals surface area contributed by atoms with Gasteiger partial charge in [0, 0.05) is 12.1 Å². The molecule has 0 bridgehead atoms. The first-order valence-corrected chi connectivity index (χ1v) is 7.54. The topological polar surface area (TPSA) is 41.6 Å². The average Bonchev–Trinajstić information content (AvgIpc) is 2.96. The third-order valence-corrected chi connectivity index (χ3v) is 4.36. The molecule has 1 heterocycles. The van der Waals surface area contributed by atoms with Crippen molar-refractivity contribution in [1.29, 1.82) is 0 Å². The molecule has 108 valence electrons. The lowest BCUT2D eigenvalue weighted by molar-refractivity contribution is 0.0880. The van der Waals surface area contributed by atoms with Gasteiger partial charge in [-0.25, -0.2) is 4.79 Å². The molecule has 4 nitrogen and oxygen atoms in total. The van der Waals surface area contributed by atoms with Gasteiger partial charge in [-0.1, -0.05) is 30.3 Å². The highest BCUT2D eigenvalue weighted by Gasteiger charge is 2.37. The number of ether oxygens (including phenoxy) is 1. The van der Waals surface area contributed by atoms with Gasteiger partial charge < -0.3 is 10.1 Å². The number of benzene rings is 1. The molecule has 2 aliphatic rings. The quantitative estimate of drug-likeness (QED) is 0.917. The summed E-state index contributed by atoms with van der Waals surface area (Å²) < 4.78 is 5.28. The van der Waals surface area contributed by atoms with E-state index < -0.39 is 0 Å². The predicted molar refractivity (Wildman–Crippen MR) is 77.4 cm³/mol. The third kappa shape index (κ3) is 3.12. The van der Waals surface area contributed by atoms with Crippen LogP contribution < -0.4 is 5.32 Å². The van der Waals surface area contributed by atoms with Gasteiger partial charge >= 0.3 is 6.09 Å². The van der Waals surface area contributed by atoms with Gasteiger partial charge in [0.25, 0.3) is 0 Å². The number of carbonyl (C=O) groups excluding carboxylic acids is 1. The maximum Gasteiger partial charge on any atom is 0.407 e. The Balaban J connectivity index is 1.42. The molecule has 4 heteroatoms. The van der Waals surface area contributed by atoms with Gasteiger partial charge in [0.15, 0.2) is 0 Å². The molecule has 1 saturated carbocycles. The lowest BCUT2D eigenvalue weighted by Gasteiger charge is -2.42. The van der Waals surface area contributed by atoms with Gasteiger partial charge in [-0.3, -0.25) is 4.90 Å². The molecule has 1 N–H and O–H groups in total. The highest BCUT2D eigenvalue weighted by Crippen LogP contribution is 2.28. The van der Waals surface area contributed by atoms with Crippen molar-refractivity contribution in [3.63, 3.8) is 0 Å². The summed E-state index contributed by atoms with van der Waals surface area (Å²) in [6, 6.07) is 10.6. The van der Waals surface area contributed by atoms with E-state index in [2.05, 4.69) is 10.2 Å². The minimum absolute atomic E-state index is 0.274. The molecule has 1 aromatic carbocycles. The molecule has 1 saturated heterocycles. The SMILES string of the molecule is O=C(N[C@H]1CC[C@@H]1N1CCCC1)OCc1ccccc1. The summed E-state index contributed by atoms with van der Waals surface area (Å²) in [7, 11) is 0. The van der Waals surface area contributed by atoms with E-state index in [4.69, 9.17) is 4.74 Å². The summed E-state index contributed by atoms with van der Waals surface area (Å²) in [5, 5.41) is 3.01. The molecule has 1 aromatic rings. The van der Waals surface area contributed by atoms with Crippen molar-refractivity contribution in [1.82, 2.24) is 10.2 Å². The molecular weight excluding hydrogens is 252 g/mol. The van der Waals surface area contributed by atoms with Crippen LogP contribution in [0.5, 0.6) is 0 Å². The number of nitrogens with one attached hydrogen (secondary N) is 1. The minimum Gasteiger partial charge on any atom is -0.445 e. The van der Waals surface area contributed by atoms with Crippen molar-refractivity contribution in [3.8, 4) is 0 Å². The van der Waals surface area contributed by atoms with Crippen LogP contribution in [0.1, 0.15) is 31.2 Å². The Morgan fingerprint density at radius 1 is 1.20 bits per heavy atom. The summed E-state index contributed by atoms with van der Waals surface area (Å²) in [5.41, 5.74) is 1.02. The van der Waals surface area contributed by atoms with Crippen molar-refractivity contribution >= 4 is 6.09 Å². The largest absolute Gasteiger partial charge is 0.445 e. The molecule has 0 spiro atoms. The summed E-state index contributed by atoms with van der Waals surface area (Å²) in [6.45, 7) is 2.71. The Kier molecular flexibility index (Phi) is 4.21. The van der Waals surface area contributed by atoms with E-state index in [0.29, 0.717) is 12.6 Å². The Bertz CT molecular complexity index is 443. The molecule has 1 amide bonds. The second-order valence-electron chi connectivity index (χ2n) is 5.70. The fraction of sp³-hybridized carbons (Fsp3) is 0.562. The van der Waals surface area contributed by atoms with E-state index in [-0.39, 0.29) is 12.1 Å². The van der Waals surface area contributed by atoms with Crippen LogP contribution in [0.25, 0.3) is 0 Å². The molecule has 0 unspecified atom stereocenters. The summed E-state index contributed by atoms with van der Waals surface area (Å²) in [6.07, 6.45) is 4.57. The summed E-state index contributed by atoms with van der Waals surface area (Å²) >= 11 is 0. The lowest BCUT2D eigenvalue weighted by Crippen LogP contribution is -2.57. The van der Waals surface area contributed by atoms with Crippen LogP contribution in [0.15, 0.2) is 30.3 Å². The normalized spacial score (nSPS) is 26.0. The first-order chi connectivity index (χ1) is 9.83. The minimum atomic E-state index is -0.289. The monoisotopic (exact) mass is 274 g/mol. The Labute approximate surface area is 120 Å². The van der Waals surface area contributed by atoms with Crippen LogP contribution in [0, 0.1) is 0 Å². The lowest BCUT2D eigenvalue weighted by atomic mass is 9.85. The number of hydrogen-bond acceptors (Lipinski definition) is 3. The van der Waals surface area contributed by atoms with E-state index in [1.54, 1.807) is 0 Å². The van der Waals surface area contributed by atoms with Gasteiger partial charge in [0.2, 0.25) is 0 Å². The van der Waals surface area contributed by atoms with Gasteiger partial charge in [0.1, 0.15) is 6.61 Å². The fourth-order valence-electron chi connectivity index (χ4n) is 3.08. The van der Waals surface area contributed by atoms with Gasteiger partial charge in [-0.05, 0) is 44.3 Å². The second-order valence-corrected chi connectivity index (χ2v) is 5.70. The Morgan fingerprint density at radius 2 is 1.95 bits per heavy atom. The van der Waals surface area contributed by atoms with Crippen LogP contribution in [0.3, 0.4) is 0 Å². The smallest absolute Gasteiger partial charge is 0.407 e. The van der Waals surface area contributed by atoms with Gasteiger partial charge in [-0.2, -0.15) is 0 Å². The number of rotatable bonds is 4. The van der Waals surface area contributed by atoms with Crippen LogP contribution in [0.2, 0.25) is 0 Å². The molecule has 3 rings (SSSR count). The van der Waals surface area contributed by atoms with Crippen molar-refractivity contribution in [3.05, 3.63) is 35.9 Å². The van der Waals surface area contributed by atoms with Gasteiger partial charge in [-0.15, -0.1) is 0 Å². The zero-order valence-electron chi connectivity index (χ0n) is 11.8. The maximum absolute atomic E-state index is 11.8. The highest BCUT2D eigenvalue weighted by atomic mass is 16.5. The van der Waals surface area contributed by atoms with E-state index in [9.17, 15) is 4.79 Å². The van der Waals surface area contributed by atoms with Crippen molar-refractivity contribution < 1.29 is 9.53 Å². The van der Waals surface area contributed by atoms with E-state index in [0.717, 1.165) is 12.0 Å². The second kappa shape index (κ2) is 6.27.